The number of quaternary nitrogens is 1. The van der Waals surface area contributed by atoms with Crippen LogP contribution in [-0.2, 0) is 17.4 Å². The predicted octanol–water partition coefficient (Wildman–Crippen LogP) is 5.34. The number of piperidine rings is 3. The first-order chi connectivity index (χ1) is 15.8. The first-order valence-corrected chi connectivity index (χ1v) is 11.4. The molecule has 1 aromatic carbocycles. The average Bonchev–Trinajstić information content (AvgIpc) is 2.83. The van der Waals surface area contributed by atoms with Crippen molar-refractivity contribution in [3.05, 3.63) is 59.9 Å². The highest BCUT2D eigenvalue weighted by molar-refractivity contribution is 5.94. The van der Waals surface area contributed by atoms with Gasteiger partial charge in [-0.1, -0.05) is 6.07 Å². The van der Waals surface area contributed by atoms with E-state index in [4.69, 9.17) is 4.98 Å². The highest BCUT2D eigenvalue weighted by atomic mass is 19.4. The minimum Gasteiger partial charge on any atom is -0.326 e. The average molecular weight is 456 g/mol. The molecular formula is C25H26F3N4O+. The number of nitrogens with one attached hydrogen (secondary N) is 1. The van der Waals surface area contributed by atoms with Crippen molar-refractivity contribution in [1.29, 1.82) is 0 Å². The van der Waals surface area contributed by atoms with Crippen LogP contribution in [0, 0.1) is 5.92 Å². The molecule has 5 nitrogen and oxygen atoms in total. The van der Waals surface area contributed by atoms with Gasteiger partial charge in [-0.05, 0) is 48.2 Å². The van der Waals surface area contributed by atoms with Gasteiger partial charge in [0.2, 0.25) is 11.7 Å². The molecule has 0 saturated carbocycles. The Hall–Kier alpha value is -3.00. The van der Waals surface area contributed by atoms with Crippen LogP contribution in [0.4, 0.5) is 24.7 Å². The minimum absolute atomic E-state index is 0.156. The summed E-state index contributed by atoms with van der Waals surface area (Å²) in [5, 5.41) is 3.84. The zero-order valence-corrected chi connectivity index (χ0v) is 18.2. The van der Waals surface area contributed by atoms with Gasteiger partial charge >= 0.3 is 6.18 Å². The number of benzene rings is 1. The predicted molar refractivity (Wildman–Crippen MR) is 122 cm³/mol. The smallest absolute Gasteiger partial charge is 0.326 e. The van der Waals surface area contributed by atoms with Gasteiger partial charge in [-0.3, -0.25) is 14.3 Å². The van der Waals surface area contributed by atoms with Crippen LogP contribution < -0.4 is 9.80 Å². The zero-order chi connectivity index (χ0) is 23.1. The van der Waals surface area contributed by atoms with Crippen molar-refractivity contribution in [1.82, 2.24) is 14.5 Å². The van der Waals surface area contributed by atoms with Gasteiger partial charge in [-0.15, -0.1) is 0 Å². The van der Waals surface area contributed by atoms with Crippen LogP contribution in [0.2, 0.25) is 0 Å². The molecular weight excluding hydrogens is 429 g/mol. The van der Waals surface area contributed by atoms with Crippen molar-refractivity contribution in [3.63, 3.8) is 0 Å². The summed E-state index contributed by atoms with van der Waals surface area (Å²) < 4.78 is 38.8. The lowest BCUT2D eigenvalue weighted by Crippen LogP contribution is -2.59. The Morgan fingerprint density at radius 1 is 1.03 bits per heavy atom. The van der Waals surface area contributed by atoms with Crippen LogP contribution in [-0.4, -0.2) is 35.5 Å². The van der Waals surface area contributed by atoms with Gasteiger partial charge in [0.15, 0.2) is 0 Å². The van der Waals surface area contributed by atoms with E-state index in [0.29, 0.717) is 17.7 Å². The molecule has 0 aliphatic carbocycles. The SMILES string of the molecule is O=C(CCc1ccc(C(F)(F)F)nc1)Nc1ccc2nc([N+]34CCC(CC3)CC4)ccc2c1. The summed E-state index contributed by atoms with van der Waals surface area (Å²) in [5.41, 5.74) is 1.25. The number of hydrogen-bond acceptors (Lipinski definition) is 3. The van der Waals surface area contributed by atoms with Gasteiger partial charge < -0.3 is 5.32 Å². The summed E-state index contributed by atoms with van der Waals surface area (Å²) in [4.78, 5) is 20.8. The van der Waals surface area contributed by atoms with E-state index in [-0.39, 0.29) is 12.3 Å². The number of nitrogens with zero attached hydrogens (tertiary/aromatic N) is 3. The van der Waals surface area contributed by atoms with Gasteiger partial charge in [0, 0.05) is 49.0 Å². The molecule has 3 fully saturated rings. The molecule has 0 spiro atoms. The van der Waals surface area contributed by atoms with E-state index >= 15 is 0 Å². The van der Waals surface area contributed by atoms with Crippen molar-refractivity contribution >= 4 is 28.3 Å². The maximum Gasteiger partial charge on any atom is 0.433 e. The third-order valence-electron chi connectivity index (χ3n) is 7.10. The fourth-order valence-corrected chi connectivity index (χ4v) is 5.08. The van der Waals surface area contributed by atoms with Gasteiger partial charge in [0.25, 0.3) is 0 Å². The molecule has 172 valence electrons. The molecule has 3 aromatic rings. The standard InChI is InChI=1S/C25H25F3N4O/c26-25(27,28)22-6-1-18(16-29-22)2-8-24(33)30-20-4-5-21-19(15-20)3-7-23(31-21)32-12-9-17(10-13-32)11-14-32/h1,3-7,15-17H,2,8-14H2/p+1. The quantitative estimate of drug-likeness (QED) is 0.529. The van der Waals surface area contributed by atoms with Crippen LogP contribution in [0.15, 0.2) is 48.7 Å². The monoisotopic (exact) mass is 455 g/mol. The van der Waals surface area contributed by atoms with Crippen molar-refractivity contribution < 1.29 is 18.0 Å². The second-order valence-corrected chi connectivity index (χ2v) is 9.22. The number of hydrogen-bond donors (Lipinski definition) is 1. The van der Waals surface area contributed by atoms with E-state index in [2.05, 4.69) is 22.4 Å². The number of pyridine rings is 2. The topological polar surface area (TPSA) is 54.9 Å². The first kappa shape index (κ1) is 21.8. The Kier molecular flexibility index (Phi) is 5.56. The van der Waals surface area contributed by atoms with Crippen molar-refractivity contribution in [2.75, 3.05) is 25.0 Å². The van der Waals surface area contributed by atoms with Crippen LogP contribution in [0.5, 0.6) is 0 Å². The first-order valence-electron chi connectivity index (χ1n) is 11.4. The molecule has 3 aliphatic heterocycles. The molecule has 1 N–H and O–H groups in total. The molecule has 2 bridgehead atoms. The Labute approximate surface area is 190 Å². The molecule has 6 rings (SSSR count). The lowest BCUT2D eigenvalue weighted by atomic mass is 9.85. The van der Waals surface area contributed by atoms with E-state index < -0.39 is 11.9 Å². The lowest BCUT2D eigenvalue weighted by molar-refractivity contribution is -0.141. The van der Waals surface area contributed by atoms with Crippen molar-refractivity contribution in [2.45, 2.75) is 38.3 Å². The van der Waals surface area contributed by atoms with Crippen LogP contribution in [0.1, 0.15) is 36.9 Å². The number of rotatable bonds is 5. The molecule has 3 aliphatic rings. The van der Waals surface area contributed by atoms with Crippen molar-refractivity contribution in [3.8, 4) is 0 Å². The fourth-order valence-electron chi connectivity index (χ4n) is 5.08. The van der Waals surface area contributed by atoms with Gasteiger partial charge in [0.1, 0.15) is 5.69 Å². The van der Waals surface area contributed by atoms with E-state index in [9.17, 15) is 18.0 Å². The maximum absolute atomic E-state index is 12.6. The van der Waals surface area contributed by atoms with Crippen LogP contribution in [0.25, 0.3) is 10.9 Å². The van der Waals surface area contributed by atoms with Crippen LogP contribution in [0.3, 0.4) is 0 Å². The molecule has 0 unspecified atom stereocenters. The summed E-state index contributed by atoms with van der Waals surface area (Å²) in [6, 6.07) is 12.2. The molecule has 0 radical (unpaired) electrons. The third-order valence-corrected chi connectivity index (χ3v) is 7.10. The van der Waals surface area contributed by atoms with E-state index in [0.717, 1.165) is 33.2 Å². The number of anilines is 1. The highest BCUT2D eigenvalue weighted by Crippen LogP contribution is 2.38. The maximum atomic E-state index is 12.6. The van der Waals surface area contributed by atoms with E-state index in [1.54, 1.807) is 0 Å². The lowest BCUT2D eigenvalue weighted by Gasteiger charge is -2.47. The largest absolute Gasteiger partial charge is 0.433 e. The molecule has 8 heteroatoms. The Bertz CT molecular complexity index is 1150. The molecule has 5 heterocycles. The molecule has 3 saturated heterocycles. The third kappa shape index (κ3) is 4.57. The number of aryl methyl sites for hydroxylation is 1. The Morgan fingerprint density at radius 3 is 2.45 bits per heavy atom. The number of carbonyl (C=O) groups excluding carboxylic acids is 1. The summed E-state index contributed by atoms with van der Waals surface area (Å²) in [7, 11) is 0. The number of aromatic nitrogens is 2. The second kappa shape index (κ2) is 8.41. The number of amides is 1. The number of carbonyl (C=O) groups is 1. The van der Waals surface area contributed by atoms with Crippen molar-refractivity contribution in [2.24, 2.45) is 5.92 Å². The van der Waals surface area contributed by atoms with Crippen LogP contribution >= 0.6 is 0 Å². The van der Waals surface area contributed by atoms with E-state index in [1.165, 1.54) is 51.2 Å². The number of alkyl halides is 3. The number of fused-ring (bicyclic) bond motifs is 4. The van der Waals surface area contributed by atoms with Gasteiger partial charge in [0.05, 0.1) is 25.2 Å². The summed E-state index contributed by atoms with van der Waals surface area (Å²) in [5.74, 6) is 1.84. The van der Waals surface area contributed by atoms with Gasteiger partial charge in [-0.25, -0.2) is 0 Å². The Balaban J connectivity index is 1.22. The summed E-state index contributed by atoms with van der Waals surface area (Å²) in [6.07, 6.45) is 1.04. The summed E-state index contributed by atoms with van der Waals surface area (Å²) >= 11 is 0. The minimum atomic E-state index is -4.46. The molecule has 1 amide bonds. The normalized spacial score (nSPS) is 22.5. The molecule has 33 heavy (non-hydrogen) atoms. The molecule has 2 aromatic heterocycles. The number of halogens is 3. The highest BCUT2D eigenvalue weighted by Gasteiger charge is 2.42. The summed E-state index contributed by atoms with van der Waals surface area (Å²) in [6.45, 7) is 3.52. The second-order valence-electron chi connectivity index (χ2n) is 9.22. The fraction of sp³-hybridized carbons (Fsp3) is 0.400. The van der Waals surface area contributed by atoms with Gasteiger partial charge in [-0.2, -0.15) is 18.2 Å². The molecule has 0 atom stereocenters. The Morgan fingerprint density at radius 2 is 1.79 bits per heavy atom. The zero-order valence-electron chi connectivity index (χ0n) is 18.2. The van der Waals surface area contributed by atoms with E-state index in [1.807, 2.05) is 18.2 Å².